The minimum atomic E-state index is -0.579. The number of anilines is 2. The van der Waals surface area contributed by atoms with Crippen LogP contribution in [0.1, 0.15) is 45.3 Å². The highest BCUT2D eigenvalue weighted by Crippen LogP contribution is 2.31. The lowest BCUT2D eigenvalue weighted by Crippen LogP contribution is -2.43. The minimum Gasteiger partial charge on any atom is -0.436 e. The Hall–Kier alpha value is -6.25. The van der Waals surface area contributed by atoms with Crippen LogP contribution in [0.4, 0.5) is 11.4 Å². The number of hydrogen-bond acceptors (Lipinski definition) is 10. The fourth-order valence-corrected chi connectivity index (χ4v) is 8.99. The molecule has 12 nitrogen and oxygen atoms in total. The summed E-state index contributed by atoms with van der Waals surface area (Å²) >= 11 is 2.68. The van der Waals surface area contributed by atoms with E-state index in [1.54, 1.807) is 40.3 Å². The lowest BCUT2D eigenvalue weighted by atomic mass is 10.1. The van der Waals surface area contributed by atoms with E-state index in [0.29, 0.717) is 59.0 Å². The highest BCUT2D eigenvalue weighted by Gasteiger charge is 2.37. The van der Waals surface area contributed by atoms with Gasteiger partial charge < -0.3 is 24.9 Å². The molecule has 2 aliphatic rings. The number of aromatic nitrogens is 3. The molecule has 55 heavy (non-hydrogen) atoms. The second-order valence-electron chi connectivity index (χ2n) is 13.4. The summed E-state index contributed by atoms with van der Waals surface area (Å²) in [6.45, 7) is 1.01. The lowest BCUT2D eigenvalue weighted by Gasteiger charge is -2.23. The maximum Gasteiger partial charge on any atom is 0.283 e. The third-order valence-corrected chi connectivity index (χ3v) is 12.0. The molecular weight excluding hydrogens is 735 g/mol. The van der Waals surface area contributed by atoms with Crippen molar-refractivity contribution in [3.8, 4) is 22.8 Å². The summed E-state index contributed by atoms with van der Waals surface area (Å²) in [5, 5.41) is 6.71. The standard InChI is InChI=1S/C41H33N7O5S2/c49-35(30-9-5-21-47(30)40(51)38-45-28-7-1-3-11-33(28)54-38)43-26-17-13-24(14-18-26)32-23-42-37(53-32)25-15-19-27(20-16-25)44-36(50)31-10-6-22-48(31)41(52)39-46-29-8-2-4-12-34(29)55-39/h1-4,7-8,11-20,23,30-31H,5-6,9-10,21-22H2,(H,43,49)(H,44,50). The SMILES string of the molecule is O=C(Nc1ccc(-c2cnc(-c3ccc(NC(=O)C4CCCN4C(=O)c4nc5ccccc5s4)cc3)o2)cc1)C1CCCN1C(=O)c1nc2ccccc2s1. The average molecular weight is 768 g/mol. The van der Waals surface area contributed by atoms with E-state index in [1.807, 2.05) is 72.8 Å². The van der Waals surface area contributed by atoms with Crippen LogP contribution in [0.2, 0.25) is 0 Å². The molecule has 14 heteroatoms. The second kappa shape index (κ2) is 14.5. The van der Waals surface area contributed by atoms with Gasteiger partial charge in [-0.15, -0.1) is 22.7 Å². The molecule has 5 heterocycles. The number of oxazole rings is 1. The van der Waals surface area contributed by atoms with Gasteiger partial charge in [0, 0.05) is 35.6 Å². The van der Waals surface area contributed by atoms with Gasteiger partial charge in [0.05, 0.1) is 26.6 Å². The van der Waals surface area contributed by atoms with Crippen molar-refractivity contribution in [3.05, 3.63) is 113 Å². The van der Waals surface area contributed by atoms with Crippen molar-refractivity contribution >= 4 is 78.1 Å². The number of fused-ring (bicyclic) bond motifs is 2. The van der Waals surface area contributed by atoms with Gasteiger partial charge in [0.25, 0.3) is 11.8 Å². The Labute approximate surface area is 322 Å². The topological polar surface area (TPSA) is 151 Å². The fraction of sp³-hybridized carbons (Fsp3) is 0.195. The zero-order valence-corrected chi connectivity index (χ0v) is 30.9. The van der Waals surface area contributed by atoms with Gasteiger partial charge in [-0.25, -0.2) is 15.0 Å². The molecule has 7 aromatic rings. The normalized spacial score (nSPS) is 16.9. The molecule has 3 aromatic heterocycles. The number of thiazole rings is 2. The summed E-state index contributed by atoms with van der Waals surface area (Å²) in [6.07, 6.45) is 4.29. The largest absolute Gasteiger partial charge is 0.436 e. The Kier molecular flexibility index (Phi) is 9.12. The first-order valence-electron chi connectivity index (χ1n) is 18.0. The Morgan fingerprint density at radius 3 is 1.58 bits per heavy atom. The van der Waals surface area contributed by atoms with Crippen molar-refractivity contribution in [2.45, 2.75) is 37.8 Å². The Bertz CT molecular complexity index is 2340. The van der Waals surface area contributed by atoms with Gasteiger partial charge >= 0.3 is 0 Å². The number of benzene rings is 4. The molecule has 0 aliphatic carbocycles. The number of hydrogen-bond donors (Lipinski definition) is 2. The molecule has 4 amide bonds. The molecular formula is C41H33N7O5S2. The Balaban J connectivity index is 0.808. The van der Waals surface area contributed by atoms with Crippen molar-refractivity contribution in [2.75, 3.05) is 23.7 Å². The summed E-state index contributed by atoms with van der Waals surface area (Å²) in [7, 11) is 0. The van der Waals surface area contributed by atoms with E-state index in [1.165, 1.54) is 22.7 Å². The molecule has 2 atom stereocenters. The van der Waals surface area contributed by atoms with Crippen LogP contribution >= 0.6 is 22.7 Å². The average Bonchev–Trinajstić information content (AvgIpc) is 4.07. The molecule has 2 unspecified atom stereocenters. The molecule has 0 saturated carbocycles. The predicted molar refractivity (Wildman–Crippen MR) is 212 cm³/mol. The monoisotopic (exact) mass is 767 g/mol. The molecule has 2 aliphatic heterocycles. The van der Waals surface area contributed by atoms with E-state index < -0.39 is 12.1 Å². The number of nitrogens with one attached hydrogen (secondary N) is 2. The maximum atomic E-state index is 13.3. The van der Waals surface area contributed by atoms with E-state index >= 15 is 0 Å². The van der Waals surface area contributed by atoms with Gasteiger partial charge in [-0.2, -0.15) is 0 Å². The van der Waals surface area contributed by atoms with Crippen LogP contribution in [0.5, 0.6) is 0 Å². The molecule has 2 saturated heterocycles. The zero-order valence-electron chi connectivity index (χ0n) is 29.3. The lowest BCUT2D eigenvalue weighted by molar-refractivity contribution is -0.120. The molecule has 0 spiro atoms. The predicted octanol–water partition coefficient (Wildman–Crippen LogP) is 7.71. The fourth-order valence-electron chi connectivity index (χ4n) is 7.14. The summed E-state index contributed by atoms with van der Waals surface area (Å²) in [5.41, 5.74) is 4.25. The van der Waals surface area contributed by atoms with Crippen molar-refractivity contribution in [1.29, 1.82) is 0 Å². The van der Waals surface area contributed by atoms with Crippen LogP contribution < -0.4 is 10.6 Å². The van der Waals surface area contributed by atoms with Gasteiger partial charge in [-0.1, -0.05) is 24.3 Å². The van der Waals surface area contributed by atoms with E-state index in [0.717, 1.165) is 44.4 Å². The third-order valence-electron chi connectivity index (χ3n) is 9.93. The van der Waals surface area contributed by atoms with Gasteiger partial charge in [0.15, 0.2) is 15.8 Å². The van der Waals surface area contributed by atoms with Crippen molar-refractivity contribution in [1.82, 2.24) is 24.8 Å². The minimum absolute atomic E-state index is 0.222. The van der Waals surface area contributed by atoms with Crippen LogP contribution in [0.15, 0.2) is 108 Å². The van der Waals surface area contributed by atoms with Gasteiger partial charge in [-0.3, -0.25) is 19.2 Å². The summed E-state index contributed by atoms with van der Waals surface area (Å²) < 4.78 is 7.96. The first-order chi connectivity index (χ1) is 26.9. The molecule has 9 rings (SSSR count). The molecule has 0 radical (unpaired) electrons. The van der Waals surface area contributed by atoms with Crippen molar-refractivity contribution < 1.29 is 23.6 Å². The number of carbonyl (C=O) groups excluding carboxylic acids is 4. The van der Waals surface area contributed by atoms with E-state index in [4.69, 9.17) is 4.42 Å². The zero-order chi connectivity index (χ0) is 37.5. The number of rotatable bonds is 8. The Morgan fingerprint density at radius 2 is 1.09 bits per heavy atom. The molecule has 0 bridgehead atoms. The van der Waals surface area contributed by atoms with Gasteiger partial charge in [0.2, 0.25) is 17.7 Å². The smallest absolute Gasteiger partial charge is 0.283 e. The van der Waals surface area contributed by atoms with E-state index in [9.17, 15) is 19.2 Å². The number of carbonyl (C=O) groups is 4. The quantitative estimate of drug-likeness (QED) is 0.160. The van der Waals surface area contributed by atoms with Crippen LogP contribution in [0.3, 0.4) is 0 Å². The number of amides is 4. The van der Waals surface area contributed by atoms with Gasteiger partial charge in [0.1, 0.15) is 12.1 Å². The number of para-hydroxylation sites is 2. The number of nitrogens with zero attached hydrogens (tertiary/aromatic N) is 5. The van der Waals surface area contributed by atoms with Crippen molar-refractivity contribution in [2.24, 2.45) is 0 Å². The summed E-state index contributed by atoms with van der Waals surface area (Å²) in [4.78, 5) is 70.0. The Morgan fingerprint density at radius 1 is 0.618 bits per heavy atom. The van der Waals surface area contributed by atoms with Gasteiger partial charge in [-0.05, 0) is 98.5 Å². The van der Waals surface area contributed by atoms with Crippen LogP contribution in [0, 0.1) is 0 Å². The highest BCUT2D eigenvalue weighted by molar-refractivity contribution is 7.20. The maximum absolute atomic E-state index is 13.3. The summed E-state index contributed by atoms with van der Waals surface area (Å²) in [5.74, 6) is 0.0377. The third kappa shape index (κ3) is 6.85. The van der Waals surface area contributed by atoms with E-state index in [-0.39, 0.29) is 23.6 Å². The first-order valence-corrected chi connectivity index (χ1v) is 19.6. The van der Waals surface area contributed by atoms with Crippen LogP contribution in [-0.4, -0.2) is 73.6 Å². The van der Waals surface area contributed by atoms with Crippen LogP contribution in [0.25, 0.3) is 43.2 Å². The number of likely N-dealkylation sites (tertiary alicyclic amines) is 2. The van der Waals surface area contributed by atoms with Crippen molar-refractivity contribution in [3.63, 3.8) is 0 Å². The molecule has 2 N–H and O–H groups in total. The first kappa shape index (κ1) is 34.5. The molecule has 274 valence electrons. The second-order valence-corrected chi connectivity index (χ2v) is 15.5. The highest BCUT2D eigenvalue weighted by atomic mass is 32.1. The molecule has 2 fully saturated rings. The van der Waals surface area contributed by atoms with Crippen LogP contribution in [-0.2, 0) is 9.59 Å². The van der Waals surface area contributed by atoms with E-state index in [2.05, 4.69) is 25.6 Å². The summed E-state index contributed by atoms with van der Waals surface area (Å²) in [6, 6.07) is 28.5. The molecule has 4 aromatic carbocycles.